The minimum Gasteiger partial charge on any atom is -0.325 e. The molecule has 0 saturated heterocycles. The number of hydrogen-bond acceptors (Lipinski definition) is 5. The second-order valence-electron chi connectivity index (χ2n) is 7.86. The van der Waals surface area contributed by atoms with Crippen LogP contribution in [-0.4, -0.2) is 31.0 Å². The molecule has 0 fully saturated rings. The Labute approximate surface area is 207 Å². The molecule has 1 amide bonds. The number of aryl methyl sites for hydroxylation is 3. The number of aromatic nitrogens is 4. The average molecular weight is 496 g/mol. The molecular formula is C25H26ClN5O2S. The first-order valence-corrected chi connectivity index (χ1v) is 12.5. The van der Waals surface area contributed by atoms with Crippen LogP contribution in [0.2, 0.25) is 5.02 Å². The molecule has 0 aliphatic rings. The molecule has 4 aromatic rings. The number of fused-ring (bicyclic) bond motifs is 1. The predicted octanol–water partition coefficient (Wildman–Crippen LogP) is 4.92. The van der Waals surface area contributed by atoms with Crippen LogP contribution < -0.4 is 10.9 Å². The van der Waals surface area contributed by atoms with Gasteiger partial charge in [-0.2, -0.15) is 5.10 Å². The first kappa shape index (κ1) is 24.0. The zero-order valence-electron chi connectivity index (χ0n) is 19.3. The lowest BCUT2D eigenvalue weighted by atomic mass is 10.1. The van der Waals surface area contributed by atoms with Gasteiger partial charge in [-0.3, -0.25) is 18.8 Å². The van der Waals surface area contributed by atoms with E-state index in [0.29, 0.717) is 33.5 Å². The largest absolute Gasteiger partial charge is 0.325 e. The zero-order chi connectivity index (χ0) is 24.2. The maximum atomic E-state index is 13.6. The fourth-order valence-corrected chi connectivity index (χ4v) is 4.70. The van der Waals surface area contributed by atoms with Crippen molar-refractivity contribution in [2.45, 2.75) is 45.4 Å². The number of benzene rings is 2. The van der Waals surface area contributed by atoms with Crippen molar-refractivity contribution in [2.75, 3.05) is 11.1 Å². The van der Waals surface area contributed by atoms with Crippen LogP contribution in [0.4, 0.5) is 5.69 Å². The minimum absolute atomic E-state index is 0.108. The number of hydrogen-bond donors (Lipinski definition) is 1. The molecular weight excluding hydrogens is 470 g/mol. The van der Waals surface area contributed by atoms with Crippen LogP contribution in [0.15, 0.2) is 58.5 Å². The van der Waals surface area contributed by atoms with Gasteiger partial charge in [0.25, 0.3) is 5.56 Å². The topological polar surface area (TPSA) is 81.8 Å². The van der Waals surface area contributed by atoms with Crippen molar-refractivity contribution in [3.8, 4) is 0 Å². The third-order valence-corrected chi connectivity index (χ3v) is 6.89. The number of nitrogens with one attached hydrogen (secondary N) is 1. The highest BCUT2D eigenvalue weighted by atomic mass is 35.5. The average Bonchev–Trinajstić information content (AvgIpc) is 3.17. The number of anilines is 1. The molecule has 0 aliphatic heterocycles. The van der Waals surface area contributed by atoms with Gasteiger partial charge < -0.3 is 5.32 Å². The van der Waals surface area contributed by atoms with E-state index in [0.717, 1.165) is 17.7 Å². The Morgan fingerprint density at radius 3 is 2.53 bits per heavy atom. The smallest absolute Gasteiger partial charge is 0.280 e. The van der Waals surface area contributed by atoms with Gasteiger partial charge in [-0.1, -0.05) is 60.6 Å². The Hall–Kier alpha value is -3.10. The van der Waals surface area contributed by atoms with Crippen molar-refractivity contribution in [3.63, 3.8) is 0 Å². The lowest BCUT2D eigenvalue weighted by molar-refractivity contribution is -0.113. The minimum atomic E-state index is -0.203. The molecule has 0 atom stereocenters. The number of nitrogens with zero attached hydrogens (tertiary/aromatic N) is 4. The maximum absolute atomic E-state index is 13.6. The molecule has 2 heterocycles. The normalized spacial score (nSPS) is 11.2. The number of amides is 1. The van der Waals surface area contributed by atoms with Gasteiger partial charge in [0.05, 0.1) is 18.0 Å². The Balaban J connectivity index is 1.65. The molecule has 34 heavy (non-hydrogen) atoms. The third kappa shape index (κ3) is 5.03. The van der Waals surface area contributed by atoms with E-state index in [-0.39, 0.29) is 23.8 Å². The Kier molecular flexibility index (Phi) is 7.38. The zero-order valence-corrected chi connectivity index (χ0v) is 20.9. The second-order valence-corrected chi connectivity index (χ2v) is 9.21. The van der Waals surface area contributed by atoms with Gasteiger partial charge in [0.2, 0.25) is 5.91 Å². The maximum Gasteiger partial charge on any atom is 0.280 e. The van der Waals surface area contributed by atoms with E-state index in [9.17, 15) is 9.59 Å². The first-order chi connectivity index (χ1) is 16.4. The first-order valence-electron chi connectivity index (χ1n) is 11.1. The van der Waals surface area contributed by atoms with Crippen molar-refractivity contribution >= 4 is 46.0 Å². The van der Waals surface area contributed by atoms with E-state index in [4.69, 9.17) is 16.6 Å². The van der Waals surface area contributed by atoms with E-state index in [2.05, 4.69) is 17.3 Å². The van der Waals surface area contributed by atoms with Crippen molar-refractivity contribution in [1.82, 2.24) is 19.3 Å². The van der Waals surface area contributed by atoms with Gasteiger partial charge in [0.1, 0.15) is 5.52 Å². The van der Waals surface area contributed by atoms with Gasteiger partial charge >= 0.3 is 0 Å². The summed E-state index contributed by atoms with van der Waals surface area (Å²) < 4.78 is 3.25. The molecule has 0 saturated carbocycles. The highest BCUT2D eigenvalue weighted by Gasteiger charge is 2.19. The van der Waals surface area contributed by atoms with Crippen LogP contribution in [0.1, 0.15) is 30.7 Å². The summed E-state index contributed by atoms with van der Waals surface area (Å²) in [5, 5.41) is 8.39. The summed E-state index contributed by atoms with van der Waals surface area (Å²) >= 11 is 7.60. The fourth-order valence-electron chi connectivity index (χ4n) is 3.71. The molecule has 176 valence electrons. The number of thioether (sulfide) groups is 1. The van der Waals surface area contributed by atoms with Gasteiger partial charge in [-0.25, -0.2) is 4.98 Å². The van der Waals surface area contributed by atoms with Crippen molar-refractivity contribution in [2.24, 2.45) is 0 Å². The highest BCUT2D eigenvalue weighted by Crippen LogP contribution is 2.23. The Morgan fingerprint density at radius 1 is 1.12 bits per heavy atom. The predicted molar refractivity (Wildman–Crippen MR) is 138 cm³/mol. The summed E-state index contributed by atoms with van der Waals surface area (Å²) in [6, 6.07) is 15.2. The van der Waals surface area contributed by atoms with Crippen molar-refractivity contribution < 1.29 is 4.79 Å². The SMILES string of the molecule is CCc1ccc(NC(=O)CSc2nc3c(C)nn(CC)c3c(=O)n2Cc2ccccc2Cl)cc1. The quantitative estimate of drug-likeness (QED) is 0.277. The van der Waals surface area contributed by atoms with E-state index < -0.39 is 0 Å². The van der Waals surface area contributed by atoms with E-state index in [1.807, 2.05) is 56.3 Å². The second kappa shape index (κ2) is 10.4. The van der Waals surface area contributed by atoms with Crippen LogP contribution >= 0.6 is 23.4 Å². The molecule has 2 aromatic heterocycles. The number of carbonyl (C=O) groups is 1. The van der Waals surface area contributed by atoms with Crippen LogP contribution in [0.25, 0.3) is 11.0 Å². The number of halogens is 1. The molecule has 0 spiro atoms. The van der Waals surface area contributed by atoms with E-state index in [1.54, 1.807) is 15.3 Å². The Morgan fingerprint density at radius 2 is 1.85 bits per heavy atom. The van der Waals surface area contributed by atoms with Gasteiger partial charge in [0, 0.05) is 17.3 Å². The van der Waals surface area contributed by atoms with E-state index >= 15 is 0 Å². The lowest BCUT2D eigenvalue weighted by Crippen LogP contribution is -2.26. The molecule has 7 nitrogen and oxygen atoms in total. The molecule has 2 aromatic carbocycles. The van der Waals surface area contributed by atoms with Gasteiger partial charge in [0.15, 0.2) is 10.7 Å². The van der Waals surface area contributed by atoms with Crippen molar-refractivity contribution in [3.05, 3.63) is 80.7 Å². The van der Waals surface area contributed by atoms with E-state index in [1.165, 1.54) is 17.3 Å². The van der Waals surface area contributed by atoms with Gasteiger partial charge in [-0.15, -0.1) is 0 Å². The molecule has 0 radical (unpaired) electrons. The lowest BCUT2D eigenvalue weighted by Gasteiger charge is -2.14. The highest BCUT2D eigenvalue weighted by molar-refractivity contribution is 7.99. The van der Waals surface area contributed by atoms with Crippen LogP contribution in [-0.2, 0) is 24.3 Å². The van der Waals surface area contributed by atoms with Gasteiger partial charge in [-0.05, 0) is 49.6 Å². The summed E-state index contributed by atoms with van der Waals surface area (Å²) in [5.74, 6) is -0.0643. The molecule has 1 N–H and O–H groups in total. The summed E-state index contributed by atoms with van der Waals surface area (Å²) in [6.07, 6.45) is 0.940. The summed E-state index contributed by atoms with van der Waals surface area (Å²) in [7, 11) is 0. The molecule has 4 rings (SSSR count). The number of rotatable bonds is 8. The summed E-state index contributed by atoms with van der Waals surface area (Å²) in [5.41, 5.74) is 4.23. The molecule has 0 aliphatic carbocycles. The summed E-state index contributed by atoms with van der Waals surface area (Å²) in [6.45, 7) is 6.66. The van der Waals surface area contributed by atoms with Crippen LogP contribution in [0.3, 0.4) is 0 Å². The summed E-state index contributed by atoms with van der Waals surface area (Å²) in [4.78, 5) is 31.0. The number of carbonyl (C=O) groups excluding carboxylic acids is 1. The third-order valence-electron chi connectivity index (χ3n) is 5.55. The molecule has 0 unspecified atom stereocenters. The standard InChI is InChI=1S/C25H26ClN5O2S/c1-4-17-10-12-19(13-11-17)27-21(32)15-34-25-28-22-16(3)29-31(5-2)23(22)24(33)30(25)14-18-8-6-7-9-20(18)26/h6-13H,4-5,14-15H2,1-3H3,(H,27,32). The van der Waals surface area contributed by atoms with Crippen molar-refractivity contribution in [1.29, 1.82) is 0 Å². The van der Waals surface area contributed by atoms with Crippen LogP contribution in [0, 0.1) is 6.92 Å². The molecule has 0 bridgehead atoms. The molecule has 9 heteroatoms. The monoisotopic (exact) mass is 495 g/mol. The Bertz CT molecular complexity index is 1400. The fraction of sp³-hybridized carbons (Fsp3) is 0.280. The van der Waals surface area contributed by atoms with Crippen LogP contribution in [0.5, 0.6) is 0 Å².